The molecule has 2 amide bonds. The fraction of sp³-hybridized carbons (Fsp3) is 0.0714. The van der Waals surface area contributed by atoms with Crippen LogP contribution in [0, 0.1) is 17.0 Å². The van der Waals surface area contributed by atoms with Gasteiger partial charge in [0, 0.05) is 34.0 Å². The van der Waals surface area contributed by atoms with Crippen molar-refractivity contribution in [3.8, 4) is 0 Å². The molecule has 4 rings (SSSR count). The van der Waals surface area contributed by atoms with Crippen molar-refractivity contribution in [2.24, 2.45) is 0 Å². The lowest BCUT2D eigenvalue weighted by molar-refractivity contribution is -0.384. The number of thioether (sulfide) groups is 1. The van der Waals surface area contributed by atoms with Gasteiger partial charge in [-0.2, -0.15) is 0 Å². The van der Waals surface area contributed by atoms with Gasteiger partial charge in [-0.25, -0.2) is 0 Å². The molecule has 0 aliphatic carbocycles. The van der Waals surface area contributed by atoms with Gasteiger partial charge in [0.05, 0.1) is 4.92 Å². The van der Waals surface area contributed by atoms with E-state index in [1.165, 1.54) is 36.0 Å². The summed E-state index contributed by atoms with van der Waals surface area (Å²) in [5.74, 6) is -0.586. The van der Waals surface area contributed by atoms with Crippen molar-refractivity contribution in [2.75, 3.05) is 10.6 Å². The Labute approximate surface area is 212 Å². The van der Waals surface area contributed by atoms with Crippen LogP contribution < -0.4 is 10.6 Å². The van der Waals surface area contributed by atoms with Gasteiger partial charge in [0.1, 0.15) is 5.25 Å². The summed E-state index contributed by atoms with van der Waals surface area (Å²) in [4.78, 5) is 37.0. The van der Waals surface area contributed by atoms with Crippen LogP contribution in [-0.2, 0) is 4.79 Å². The van der Waals surface area contributed by atoms with Crippen LogP contribution in [0.15, 0.2) is 108 Å². The number of nitro benzene ring substituents is 1. The highest BCUT2D eigenvalue weighted by molar-refractivity contribution is 8.00. The van der Waals surface area contributed by atoms with Gasteiger partial charge in [0.2, 0.25) is 5.91 Å². The molecular formula is C28H23N3O4S. The molecule has 0 bridgehead atoms. The van der Waals surface area contributed by atoms with Gasteiger partial charge in [-0.15, -0.1) is 11.8 Å². The van der Waals surface area contributed by atoms with Crippen molar-refractivity contribution in [2.45, 2.75) is 17.1 Å². The Morgan fingerprint density at radius 2 is 1.44 bits per heavy atom. The number of nitrogens with zero attached hydrogens (tertiary/aromatic N) is 1. The van der Waals surface area contributed by atoms with Crippen LogP contribution in [0.1, 0.15) is 26.7 Å². The second-order valence-electron chi connectivity index (χ2n) is 8.05. The Hall–Kier alpha value is -4.43. The molecule has 4 aromatic carbocycles. The Bertz CT molecular complexity index is 1370. The number of hydrogen-bond acceptors (Lipinski definition) is 5. The monoisotopic (exact) mass is 497 g/mol. The first-order chi connectivity index (χ1) is 17.4. The highest BCUT2D eigenvalue weighted by atomic mass is 32.2. The Kier molecular flexibility index (Phi) is 7.77. The number of hydrogen-bond donors (Lipinski definition) is 2. The molecule has 0 aromatic heterocycles. The highest BCUT2D eigenvalue weighted by Crippen LogP contribution is 2.36. The molecule has 0 fully saturated rings. The summed E-state index contributed by atoms with van der Waals surface area (Å²) in [6.45, 7) is 1.99. The van der Waals surface area contributed by atoms with Crippen LogP contribution >= 0.6 is 11.8 Å². The van der Waals surface area contributed by atoms with Crippen molar-refractivity contribution >= 4 is 40.6 Å². The predicted octanol–water partition coefficient (Wildman–Crippen LogP) is 6.63. The van der Waals surface area contributed by atoms with Crippen molar-refractivity contribution < 1.29 is 14.5 Å². The minimum Gasteiger partial charge on any atom is -0.325 e. The quantitative estimate of drug-likeness (QED) is 0.162. The maximum absolute atomic E-state index is 13.2. The summed E-state index contributed by atoms with van der Waals surface area (Å²) >= 11 is 1.40. The summed E-state index contributed by atoms with van der Waals surface area (Å²) in [5, 5.41) is 16.2. The topological polar surface area (TPSA) is 101 Å². The van der Waals surface area contributed by atoms with Gasteiger partial charge in [0.15, 0.2) is 0 Å². The summed E-state index contributed by atoms with van der Waals surface area (Å²) in [6, 6.07) is 29.8. The number of non-ortho nitro benzene ring substituents is 1. The maximum atomic E-state index is 13.2. The van der Waals surface area contributed by atoms with Crippen LogP contribution in [0.5, 0.6) is 0 Å². The molecule has 0 radical (unpaired) electrons. The molecule has 0 saturated carbocycles. The molecule has 8 heteroatoms. The van der Waals surface area contributed by atoms with Crippen molar-refractivity contribution in [3.05, 3.63) is 130 Å². The average molecular weight is 498 g/mol. The fourth-order valence-corrected chi connectivity index (χ4v) is 4.49. The number of amides is 2. The highest BCUT2D eigenvalue weighted by Gasteiger charge is 2.22. The van der Waals surface area contributed by atoms with Gasteiger partial charge in [-0.05, 0) is 55.0 Å². The van der Waals surface area contributed by atoms with Crippen LogP contribution in [0.2, 0.25) is 0 Å². The largest absolute Gasteiger partial charge is 0.325 e. The molecule has 0 aliphatic heterocycles. The molecule has 0 aliphatic rings. The van der Waals surface area contributed by atoms with Gasteiger partial charge >= 0.3 is 0 Å². The lowest BCUT2D eigenvalue weighted by Crippen LogP contribution is -2.19. The molecule has 0 spiro atoms. The Balaban J connectivity index is 1.47. The van der Waals surface area contributed by atoms with E-state index in [0.717, 1.165) is 21.7 Å². The Morgan fingerprint density at radius 1 is 0.806 bits per heavy atom. The van der Waals surface area contributed by atoms with E-state index in [4.69, 9.17) is 0 Å². The molecule has 0 saturated heterocycles. The van der Waals surface area contributed by atoms with Crippen LogP contribution in [0.4, 0.5) is 17.1 Å². The number of nitro groups is 1. The lowest BCUT2D eigenvalue weighted by Gasteiger charge is -2.17. The average Bonchev–Trinajstić information content (AvgIpc) is 2.90. The molecule has 1 atom stereocenters. The molecule has 2 N–H and O–H groups in total. The number of carbonyl (C=O) groups is 2. The molecule has 0 heterocycles. The number of nitrogens with one attached hydrogen (secondary N) is 2. The standard InChI is InChI=1S/C28H23N3O4S/c1-19-10-12-22(13-11-19)30-28(33)26(20-6-3-2-4-7-20)36-25-16-14-23(15-17-25)29-27(32)21-8-5-9-24(18-21)31(34)35/h2-18,26H,1H3,(H,29,32)(H,30,33). The molecule has 7 nitrogen and oxygen atoms in total. The third-order valence-electron chi connectivity index (χ3n) is 5.34. The van der Waals surface area contributed by atoms with E-state index in [1.807, 2.05) is 73.7 Å². The second kappa shape index (κ2) is 11.3. The van der Waals surface area contributed by atoms with Crippen molar-refractivity contribution in [1.29, 1.82) is 0 Å². The van der Waals surface area contributed by atoms with E-state index < -0.39 is 16.1 Å². The van der Waals surface area contributed by atoms with E-state index in [9.17, 15) is 19.7 Å². The molecular weight excluding hydrogens is 474 g/mol. The van der Waals surface area contributed by atoms with Gasteiger partial charge in [-0.3, -0.25) is 19.7 Å². The first kappa shape index (κ1) is 24.7. The van der Waals surface area contributed by atoms with Gasteiger partial charge < -0.3 is 10.6 Å². The number of benzene rings is 4. The predicted molar refractivity (Wildman–Crippen MR) is 142 cm³/mol. The zero-order valence-electron chi connectivity index (χ0n) is 19.4. The van der Waals surface area contributed by atoms with Crippen molar-refractivity contribution in [1.82, 2.24) is 0 Å². The summed E-state index contributed by atoms with van der Waals surface area (Å²) in [7, 11) is 0. The van der Waals surface area contributed by atoms with E-state index >= 15 is 0 Å². The fourth-order valence-electron chi connectivity index (χ4n) is 3.46. The van der Waals surface area contributed by atoms with Crippen LogP contribution in [0.25, 0.3) is 0 Å². The summed E-state index contributed by atoms with van der Waals surface area (Å²) in [5.41, 5.74) is 3.29. The Morgan fingerprint density at radius 3 is 2.11 bits per heavy atom. The zero-order valence-corrected chi connectivity index (χ0v) is 20.2. The lowest BCUT2D eigenvalue weighted by atomic mass is 10.1. The number of anilines is 2. The van der Waals surface area contributed by atoms with E-state index in [1.54, 1.807) is 12.1 Å². The minimum absolute atomic E-state index is 0.141. The smallest absolute Gasteiger partial charge is 0.270 e. The summed E-state index contributed by atoms with van der Waals surface area (Å²) < 4.78 is 0. The number of carbonyl (C=O) groups excluding carboxylic acids is 2. The molecule has 4 aromatic rings. The third-order valence-corrected chi connectivity index (χ3v) is 6.61. The first-order valence-corrected chi connectivity index (χ1v) is 12.0. The van der Waals surface area contributed by atoms with Gasteiger partial charge in [0.25, 0.3) is 11.6 Å². The van der Waals surface area contributed by atoms with Crippen LogP contribution in [0.3, 0.4) is 0 Å². The maximum Gasteiger partial charge on any atom is 0.270 e. The zero-order chi connectivity index (χ0) is 25.5. The number of aryl methyl sites for hydroxylation is 1. The first-order valence-electron chi connectivity index (χ1n) is 11.1. The molecule has 1 unspecified atom stereocenters. The van der Waals surface area contributed by atoms with E-state index in [-0.39, 0.29) is 17.2 Å². The third kappa shape index (κ3) is 6.37. The van der Waals surface area contributed by atoms with E-state index in [0.29, 0.717) is 5.69 Å². The minimum atomic E-state index is -0.541. The summed E-state index contributed by atoms with van der Waals surface area (Å²) in [6.07, 6.45) is 0. The van der Waals surface area contributed by atoms with Gasteiger partial charge in [-0.1, -0.05) is 54.1 Å². The SMILES string of the molecule is Cc1ccc(NC(=O)C(Sc2ccc(NC(=O)c3cccc([N+](=O)[O-])c3)cc2)c2ccccc2)cc1. The molecule has 180 valence electrons. The van der Waals surface area contributed by atoms with E-state index in [2.05, 4.69) is 10.6 Å². The molecule has 36 heavy (non-hydrogen) atoms. The second-order valence-corrected chi connectivity index (χ2v) is 9.23. The normalized spacial score (nSPS) is 11.4. The van der Waals surface area contributed by atoms with Crippen molar-refractivity contribution in [3.63, 3.8) is 0 Å². The van der Waals surface area contributed by atoms with Crippen LogP contribution in [-0.4, -0.2) is 16.7 Å². The number of rotatable bonds is 8.